The summed E-state index contributed by atoms with van der Waals surface area (Å²) < 4.78 is 0. The molecule has 13 heavy (non-hydrogen) atoms. The molecule has 1 heteroatoms. The van der Waals surface area contributed by atoms with Gasteiger partial charge in [0, 0.05) is 24.5 Å². The van der Waals surface area contributed by atoms with E-state index >= 15 is 0 Å². The van der Waals surface area contributed by atoms with Gasteiger partial charge >= 0.3 is 0 Å². The average Bonchev–Trinajstić information content (AvgIpc) is 1.80. The van der Waals surface area contributed by atoms with Crippen LogP contribution < -0.4 is 0 Å². The third-order valence-corrected chi connectivity index (χ3v) is 4.02. The second kappa shape index (κ2) is 3.61. The van der Waals surface area contributed by atoms with Gasteiger partial charge in [0.1, 0.15) is 0 Å². The number of nitrogens with zero attached hydrogens (tertiary/aromatic N) is 1. The molecule has 0 aromatic carbocycles. The minimum atomic E-state index is 0.601. The smallest absolute Gasteiger partial charge is 0.00581 e. The van der Waals surface area contributed by atoms with Gasteiger partial charge in [0.2, 0.25) is 0 Å². The van der Waals surface area contributed by atoms with E-state index in [1.165, 1.54) is 13.1 Å². The maximum Gasteiger partial charge on any atom is 0.00581 e. The SMILES string of the molecule is CC(C)N1CC(C(C)C)(C(C)C)C1. The van der Waals surface area contributed by atoms with Gasteiger partial charge in [-0.15, -0.1) is 0 Å². The molecule has 0 bridgehead atoms. The van der Waals surface area contributed by atoms with E-state index in [4.69, 9.17) is 0 Å². The van der Waals surface area contributed by atoms with Gasteiger partial charge in [-0.25, -0.2) is 0 Å². The van der Waals surface area contributed by atoms with Gasteiger partial charge < -0.3 is 0 Å². The van der Waals surface area contributed by atoms with Crippen LogP contribution in [0.4, 0.5) is 0 Å². The van der Waals surface area contributed by atoms with Crippen LogP contribution in [0.15, 0.2) is 0 Å². The molecule has 0 aliphatic carbocycles. The molecule has 1 aliphatic rings. The fraction of sp³-hybridized carbons (Fsp3) is 1.00. The Labute approximate surface area is 83.5 Å². The van der Waals surface area contributed by atoms with Crippen molar-refractivity contribution in [2.24, 2.45) is 17.3 Å². The summed E-state index contributed by atoms with van der Waals surface area (Å²) in [5.74, 6) is 1.64. The van der Waals surface area contributed by atoms with Gasteiger partial charge in [0.05, 0.1) is 0 Å². The number of hydrogen-bond acceptors (Lipinski definition) is 1. The third-order valence-electron chi connectivity index (χ3n) is 4.02. The summed E-state index contributed by atoms with van der Waals surface area (Å²) in [4.78, 5) is 2.58. The van der Waals surface area contributed by atoms with Gasteiger partial charge in [0.15, 0.2) is 0 Å². The van der Waals surface area contributed by atoms with Crippen molar-refractivity contribution in [2.75, 3.05) is 13.1 Å². The van der Waals surface area contributed by atoms with Crippen molar-refractivity contribution in [2.45, 2.75) is 47.6 Å². The predicted molar refractivity (Wildman–Crippen MR) is 58.8 cm³/mol. The lowest BCUT2D eigenvalue weighted by Crippen LogP contribution is -2.63. The molecule has 0 N–H and O–H groups in total. The standard InChI is InChI=1S/C12H25N/c1-9(2)12(10(3)4)7-13(8-12)11(5)6/h9-11H,7-8H2,1-6H3. The maximum absolute atomic E-state index is 2.58. The molecule has 1 aliphatic heterocycles. The summed E-state index contributed by atoms with van der Waals surface area (Å²) in [6.07, 6.45) is 0. The number of rotatable bonds is 3. The molecule has 0 saturated carbocycles. The van der Waals surface area contributed by atoms with E-state index in [-0.39, 0.29) is 0 Å². The quantitative estimate of drug-likeness (QED) is 0.650. The van der Waals surface area contributed by atoms with Crippen LogP contribution in [-0.2, 0) is 0 Å². The zero-order valence-electron chi connectivity index (χ0n) is 10.1. The highest BCUT2D eigenvalue weighted by molar-refractivity contribution is 4.99. The first-order chi connectivity index (χ1) is 5.90. The van der Waals surface area contributed by atoms with Gasteiger partial charge in [0.25, 0.3) is 0 Å². The highest BCUT2D eigenvalue weighted by Gasteiger charge is 2.47. The summed E-state index contributed by atoms with van der Waals surface area (Å²) in [5.41, 5.74) is 0.601. The normalized spacial score (nSPS) is 22.8. The molecule has 0 radical (unpaired) electrons. The van der Waals surface area contributed by atoms with E-state index in [1.54, 1.807) is 0 Å². The van der Waals surface area contributed by atoms with E-state index in [0.29, 0.717) is 5.41 Å². The van der Waals surface area contributed by atoms with E-state index in [0.717, 1.165) is 17.9 Å². The zero-order chi connectivity index (χ0) is 10.2. The molecule has 0 amide bonds. The van der Waals surface area contributed by atoms with Crippen molar-refractivity contribution < 1.29 is 0 Å². The molecule has 1 nitrogen and oxygen atoms in total. The van der Waals surface area contributed by atoms with Crippen molar-refractivity contribution in [3.8, 4) is 0 Å². The largest absolute Gasteiger partial charge is 0.300 e. The van der Waals surface area contributed by atoms with E-state index in [1.807, 2.05) is 0 Å². The minimum Gasteiger partial charge on any atom is -0.300 e. The van der Waals surface area contributed by atoms with Crippen molar-refractivity contribution >= 4 is 0 Å². The molecule has 1 saturated heterocycles. The molecule has 1 heterocycles. The second-order valence-electron chi connectivity index (χ2n) is 5.54. The Morgan fingerprint density at radius 1 is 0.846 bits per heavy atom. The van der Waals surface area contributed by atoms with E-state index < -0.39 is 0 Å². The van der Waals surface area contributed by atoms with Gasteiger partial charge in [-0.05, 0) is 25.7 Å². The van der Waals surface area contributed by atoms with Crippen LogP contribution in [0, 0.1) is 17.3 Å². The Morgan fingerprint density at radius 2 is 1.23 bits per heavy atom. The average molecular weight is 183 g/mol. The van der Waals surface area contributed by atoms with Crippen LogP contribution >= 0.6 is 0 Å². The summed E-state index contributed by atoms with van der Waals surface area (Å²) in [6.45, 7) is 16.7. The second-order valence-corrected chi connectivity index (χ2v) is 5.54. The van der Waals surface area contributed by atoms with Crippen molar-refractivity contribution in [1.29, 1.82) is 0 Å². The number of hydrogen-bond donors (Lipinski definition) is 0. The number of likely N-dealkylation sites (tertiary alicyclic amines) is 1. The lowest BCUT2D eigenvalue weighted by atomic mass is 9.63. The van der Waals surface area contributed by atoms with Gasteiger partial charge in [-0.1, -0.05) is 27.7 Å². The lowest BCUT2D eigenvalue weighted by molar-refractivity contribution is -0.0868. The first-order valence-electron chi connectivity index (χ1n) is 5.64. The maximum atomic E-state index is 2.58. The first kappa shape index (κ1) is 11.0. The summed E-state index contributed by atoms with van der Waals surface area (Å²) in [6, 6.07) is 0.727. The van der Waals surface area contributed by atoms with E-state index in [2.05, 4.69) is 46.4 Å². The summed E-state index contributed by atoms with van der Waals surface area (Å²) >= 11 is 0. The Kier molecular flexibility index (Phi) is 3.06. The predicted octanol–water partition coefficient (Wildman–Crippen LogP) is 3.01. The summed E-state index contributed by atoms with van der Waals surface area (Å²) in [7, 11) is 0. The topological polar surface area (TPSA) is 3.24 Å². The van der Waals surface area contributed by atoms with Gasteiger partial charge in [-0.3, -0.25) is 4.90 Å². The fourth-order valence-corrected chi connectivity index (χ4v) is 2.47. The van der Waals surface area contributed by atoms with Crippen LogP contribution in [0.25, 0.3) is 0 Å². The molecule has 1 fully saturated rings. The Bertz CT molecular complexity index is 154. The first-order valence-corrected chi connectivity index (χ1v) is 5.64. The molecule has 0 spiro atoms. The third kappa shape index (κ3) is 1.76. The Balaban J connectivity index is 2.58. The molecule has 0 aromatic rings. The molecular weight excluding hydrogens is 158 g/mol. The van der Waals surface area contributed by atoms with Gasteiger partial charge in [-0.2, -0.15) is 0 Å². The van der Waals surface area contributed by atoms with Crippen LogP contribution in [0.2, 0.25) is 0 Å². The minimum absolute atomic E-state index is 0.601. The molecular formula is C12H25N. The van der Waals surface area contributed by atoms with Crippen LogP contribution in [-0.4, -0.2) is 24.0 Å². The van der Waals surface area contributed by atoms with Crippen molar-refractivity contribution in [3.05, 3.63) is 0 Å². The molecule has 1 rings (SSSR count). The summed E-state index contributed by atoms with van der Waals surface area (Å²) in [5, 5.41) is 0. The highest BCUT2D eigenvalue weighted by atomic mass is 15.2. The highest BCUT2D eigenvalue weighted by Crippen LogP contribution is 2.44. The van der Waals surface area contributed by atoms with Crippen molar-refractivity contribution in [3.63, 3.8) is 0 Å². The zero-order valence-corrected chi connectivity index (χ0v) is 10.1. The molecule has 0 unspecified atom stereocenters. The van der Waals surface area contributed by atoms with Crippen molar-refractivity contribution in [1.82, 2.24) is 4.90 Å². The van der Waals surface area contributed by atoms with Crippen LogP contribution in [0.1, 0.15) is 41.5 Å². The molecule has 0 aromatic heterocycles. The van der Waals surface area contributed by atoms with Crippen LogP contribution in [0.3, 0.4) is 0 Å². The Hall–Kier alpha value is -0.0400. The Morgan fingerprint density at radius 3 is 1.46 bits per heavy atom. The monoisotopic (exact) mass is 183 g/mol. The molecule has 78 valence electrons. The molecule has 0 atom stereocenters. The van der Waals surface area contributed by atoms with E-state index in [9.17, 15) is 0 Å². The fourth-order valence-electron chi connectivity index (χ4n) is 2.47. The van der Waals surface area contributed by atoms with Crippen LogP contribution in [0.5, 0.6) is 0 Å². The lowest BCUT2D eigenvalue weighted by Gasteiger charge is -2.57.